The summed E-state index contributed by atoms with van der Waals surface area (Å²) in [6.45, 7) is 3.84. The van der Waals surface area contributed by atoms with E-state index in [1.807, 2.05) is 38.1 Å². The molecule has 5 heteroatoms. The molecule has 1 N–H and O–H groups in total. The Bertz CT molecular complexity index is 569. The Kier molecular flexibility index (Phi) is 4.30. The van der Waals surface area contributed by atoms with Crippen LogP contribution in [0.1, 0.15) is 24.2 Å². The zero-order valence-corrected chi connectivity index (χ0v) is 11.5. The summed E-state index contributed by atoms with van der Waals surface area (Å²) in [5.74, 6) is -0.874. The van der Waals surface area contributed by atoms with E-state index >= 15 is 0 Å². The van der Waals surface area contributed by atoms with Crippen LogP contribution in [0, 0.1) is 6.92 Å². The molecule has 1 aromatic carbocycles. The third-order valence-corrected chi connectivity index (χ3v) is 3.15. The lowest BCUT2D eigenvalue weighted by molar-refractivity contribution is -0.135. The van der Waals surface area contributed by atoms with Gasteiger partial charge in [-0.15, -0.1) is 0 Å². The average molecular weight is 271 g/mol. The predicted octanol–water partition coefficient (Wildman–Crippen LogP) is 2.44. The van der Waals surface area contributed by atoms with Crippen molar-refractivity contribution in [1.29, 1.82) is 0 Å². The van der Waals surface area contributed by atoms with Gasteiger partial charge in [-0.25, -0.2) is 0 Å². The number of rotatable bonds is 5. The maximum Gasteiger partial charge on any atom is 0.323 e. The molecule has 104 valence electrons. The van der Waals surface area contributed by atoms with E-state index in [4.69, 9.17) is 5.11 Å². The molecule has 0 aliphatic heterocycles. The number of aliphatic carboxylic acids is 1. The van der Waals surface area contributed by atoms with Gasteiger partial charge in [0.2, 0.25) is 0 Å². The molecule has 0 aliphatic rings. The highest BCUT2D eigenvalue weighted by Crippen LogP contribution is 2.25. The topological polar surface area (TPSA) is 66.3 Å². The summed E-state index contributed by atoms with van der Waals surface area (Å²) in [4.78, 5) is 21.2. The largest absolute Gasteiger partial charge is 0.480 e. The quantitative estimate of drug-likeness (QED) is 0.904. The van der Waals surface area contributed by atoms with Crippen LogP contribution < -0.4 is 4.90 Å². The smallest absolute Gasteiger partial charge is 0.323 e. The monoisotopic (exact) mass is 271 g/mol. The number of aromatic nitrogens is 2. The van der Waals surface area contributed by atoms with Crippen molar-refractivity contribution in [3.8, 4) is 0 Å². The van der Waals surface area contributed by atoms with E-state index < -0.39 is 5.97 Å². The number of carbonyl (C=O) groups is 1. The van der Waals surface area contributed by atoms with Crippen LogP contribution in [0.3, 0.4) is 0 Å². The molecule has 1 aromatic heterocycles. The van der Waals surface area contributed by atoms with Gasteiger partial charge in [0.15, 0.2) is 0 Å². The summed E-state index contributed by atoms with van der Waals surface area (Å²) in [6, 6.07) is 7.61. The molecule has 1 atom stereocenters. The van der Waals surface area contributed by atoms with E-state index in [1.54, 1.807) is 23.5 Å². The summed E-state index contributed by atoms with van der Waals surface area (Å²) in [7, 11) is 0. The maximum absolute atomic E-state index is 11.1. The number of aryl methyl sites for hydroxylation is 1. The molecule has 0 saturated carbocycles. The molecule has 0 spiro atoms. The highest BCUT2D eigenvalue weighted by atomic mass is 16.4. The van der Waals surface area contributed by atoms with Crippen LogP contribution in [0.5, 0.6) is 0 Å². The van der Waals surface area contributed by atoms with E-state index in [0.717, 1.165) is 16.9 Å². The van der Waals surface area contributed by atoms with Gasteiger partial charge in [0, 0.05) is 18.1 Å². The molecule has 1 unspecified atom stereocenters. The zero-order chi connectivity index (χ0) is 14.5. The number of benzene rings is 1. The predicted molar refractivity (Wildman–Crippen MR) is 76.6 cm³/mol. The fourth-order valence-corrected chi connectivity index (χ4v) is 2.02. The molecular formula is C15H17N3O2. The first-order valence-corrected chi connectivity index (χ1v) is 6.39. The minimum absolute atomic E-state index is 0.0825. The van der Waals surface area contributed by atoms with Crippen LogP contribution in [0.2, 0.25) is 0 Å². The SMILES string of the molecule is Cc1ccc(N(CC(=O)O)C(C)c2cnccn2)cc1. The van der Waals surface area contributed by atoms with Gasteiger partial charge in [0.1, 0.15) is 6.54 Å². The van der Waals surface area contributed by atoms with Gasteiger partial charge in [0.05, 0.1) is 17.9 Å². The first-order valence-electron chi connectivity index (χ1n) is 6.39. The molecule has 0 aliphatic carbocycles. The average Bonchev–Trinajstić information content (AvgIpc) is 2.46. The summed E-state index contributed by atoms with van der Waals surface area (Å²) in [5, 5.41) is 9.12. The van der Waals surface area contributed by atoms with Gasteiger partial charge in [-0.2, -0.15) is 0 Å². The minimum Gasteiger partial charge on any atom is -0.480 e. The summed E-state index contributed by atoms with van der Waals surface area (Å²) in [5.41, 5.74) is 2.74. The number of hydrogen-bond donors (Lipinski definition) is 1. The first kappa shape index (κ1) is 14.0. The van der Waals surface area contributed by atoms with Gasteiger partial charge in [-0.1, -0.05) is 17.7 Å². The zero-order valence-electron chi connectivity index (χ0n) is 11.5. The standard InChI is InChI=1S/C15H17N3O2/c1-11-3-5-13(6-4-11)18(10-15(19)20)12(2)14-9-16-7-8-17-14/h3-9,12H,10H2,1-2H3,(H,19,20). The van der Waals surface area contributed by atoms with Gasteiger partial charge in [-0.3, -0.25) is 14.8 Å². The molecule has 0 bridgehead atoms. The van der Waals surface area contributed by atoms with Crippen LogP contribution in [0.25, 0.3) is 0 Å². The van der Waals surface area contributed by atoms with Crippen molar-refractivity contribution < 1.29 is 9.90 Å². The fourth-order valence-electron chi connectivity index (χ4n) is 2.02. The van der Waals surface area contributed by atoms with E-state index in [2.05, 4.69) is 9.97 Å². The highest BCUT2D eigenvalue weighted by molar-refractivity contribution is 5.74. The first-order chi connectivity index (χ1) is 9.58. The van der Waals surface area contributed by atoms with E-state index in [1.165, 1.54) is 0 Å². The fraction of sp³-hybridized carbons (Fsp3) is 0.267. The van der Waals surface area contributed by atoms with Crippen molar-refractivity contribution in [2.24, 2.45) is 0 Å². The van der Waals surface area contributed by atoms with Crippen molar-refractivity contribution in [1.82, 2.24) is 9.97 Å². The number of carboxylic acid groups (broad SMARTS) is 1. The van der Waals surface area contributed by atoms with Crippen molar-refractivity contribution in [3.63, 3.8) is 0 Å². The third kappa shape index (κ3) is 3.32. The van der Waals surface area contributed by atoms with Crippen LogP contribution in [0.4, 0.5) is 5.69 Å². The van der Waals surface area contributed by atoms with Crippen LogP contribution in [0.15, 0.2) is 42.9 Å². The van der Waals surface area contributed by atoms with E-state index in [0.29, 0.717) is 0 Å². The van der Waals surface area contributed by atoms with Crippen LogP contribution in [-0.2, 0) is 4.79 Å². The lowest BCUT2D eigenvalue weighted by Gasteiger charge is -2.29. The van der Waals surface area contributed by atoms with Gasteiger partial charge in [-0.05, 0) is 26.0 Å². The molecule has 0 amide bonds. The number of anilines is 1. The maximum atomic E-state index is 11.1. The third-order valence-electron chi connectivity index (χ3n) is 3.15. The second kappa shape index (κ2) is 6.14. The van der Waals surface area contributed by atoms with Gasteiger partial charge < -0.3 is 10.0 Å². The molecule has 0 saturated heterocycles. The second-order valence-electron chi connectivity index (χ2n) is 4.66. The Balaban J connectivity index is 2.32. The molecule has 1 heterocycles. The van der Waals surface area contributed by atoms with E-state index in [9.17, 15) is 4.79 Å². The number of nitrogens with zero attached hydrogens (tertiary/aromatic N) is 3. The summed E-state index contributed by atoms with van der Waals surface area (Å²) in [6.07, 6.45) is 4.87. The Labute approximate surface area is 117 Å². The summed E-state index contributed by atoms with van der Waals surface area (Å²) < 4.78 is 0. The van der Waals surface area contributed by atoms with Crippen LogP contribution in [-0.4, -0.2) is 27.6 Å². The Morgan fingerprint density at radius 3 is 2.55 bits per heavy atom. The number of carboxylic acids is 1. The Morgan fingerprint density at radius 1 is 1.30 bits per heavy atom. The van der Waals surface area contributed by atoms with Crippen LogP contribution >= 0.6 is 0 Å². The molecule has 5 nitrogen and oxygen atoms in total. The minimum atomic E-state index is -0.874. The number of hydrogen-bond acceptors (Lipinski definition) is 4. The molecule has 0 fully saturated rings. The molecular weight excluding hydrogens is 254 g/mol. The lowest BCUT2D eigenvalue weighted by atomic mass is 10.1. The molecule has 20 heavy (non-hydrogen) atoms. The second-order valence-corrected chi connectivity index (χ2v) is 4.66. The molecule has 2 rings (SSSR count). The van der Waals surface area contributed by atoms with Gasteiger partial charge in [0.25, 0.3) is 0 Å². The lowest BCUT2D eigenvalue weighted by Crippen LogP contribution is -2.32. The van der Waals surface area contributed by atoms with E-state index in [-0.39, 0.29) is 12.6 Å². The van der Waals surface area contributed by atoms with Crippen molar-refractivity contribution >= 4 is 11.7 Å². The summed E-state index contributed by atoms with van der Waals surface area (Å²) >= 11 is 0. The van der Waals surface area contributed by atoms with Crippen molar-refractivity contribution in [2.75, 3.05) is 11.4 Å². The Morgan fingerprint density at radius 2 is 2.00 bits per heavy atom. The van der Waals surface area contributed by atoms with Gasteiger partial charge >= 0.3 is 5.97 Å². The normalized spacial score (nSPS) is 11.9. The Hall–Kier alpha value is -2.43. The van der Waals surface area contributed by atoms with Crippen molar-refractivity contribution in [2.45, 2.75) is 19.9 Å². The molecule has 0 radical (unpaired) electrons. The molecule has 2 aromatic rings. The highest BCUT2D eigenvalue weighted by Gasteiger charge is 2.20. The van der Waals surface area contributed by atoms with Crippen molar-refractivity contribution in [3.05, 3.63) is 54.1 Å².